The van der Waals surface area contributed by atoms with Crippen LogP contribution in [0.4, 0.5) is 0 Å². The van der Waals surface area contributed by atoms with Crippen LogP contribution in [0.3, 0.4) is 0 Å². The molecular formula is C23H25N5OS. The summed E-state index contributed by atoms with van der Waals surface area (Å²) in [7, 11) is 0. The van der Waals surface area contributed by atoms with E-state index in [0.29, 0.717) is 29.9 Å². The van der Waals surface area contributed by atoms with Crippen LogP contribution in [0, 0.1) is 18.6 Å². The Labute approximate surface area is 180 Å². The average Bonchev–Trinajstić information content (AvgIpc) is 3.07. The third-order valence-corrected chi connectivity index (χ3v) is 5.73. The Morgan fingerprint density at radius 1 is 1.13 bits per heavy atom. The van der Waals surface area contributed by atoms with Crippen molar-refractivity contribution in [3.63, 3.8) is 0 Å². The minimum Gasteiger partial charge on any atom is -0.310 e. The highest BCUT2D eigenvalue weighted by molar-refractivity contribution is 7.71. The van der Waals surface area contributed by atoms with Crippen LogP contribution in [0.2, 0.25) is 0 Å². The summed E-state index contributed by atoms with van der Waals surface area (Å²) in [5, 5.41) is 0.608. The Hall–Kier alpha value is -3.03. The number of hydrogen-bond donors (Lipinski definition) is 1. The first-order valence-corrected chi connectivity index (χ1v) is 10.4. The summed E-state index contributed by atoms with van der Waals surface area (Å²) in [6.07, 6.45) is 4.00. The van der Waals surface area contributed by atoms with Gasteiger partial charge in [-0.1, -0.05) is 36.8 Å². The lowest BCUT2D eigenvalue weighted by molar-refractivity contribution is 0.214. The van der Waals surface area contributed by atoms with E-state index in [9.17, 15) is 4.79 Å². The van der Waals surface area contributed by atoms with Crippen LogP contribution in [-0.2, 0) is 13.2 Å². The van der Waals surface area contributed by atoms with E-state index >= 15 is 0 Å². The second-order valence-electron chi connectivity index (χ2n) is 7.53. The predicted octanol–water partition coefficient (Wildman–Crippen LogP) is 4.34. The summed E-state index contributed by atoms with van der Waals surface area (Å²) < 4.78 is 4.81. The number of fused-ring (bicyclic) bond motifs is 1. The zero-order valence-electron chi connectivity index (χ0n) is 17.4. The van der Waals surface area contributed by atoms with Crippen molar-refractivity contribution in [2.24, 2.45) is 0 Å². The summed E-state index contributed by atoms with van der Waals surface area (Å²) in [6.45, 7) is 8.22. The molecular weight excluding hydrogens is 394 g/mol. The van der Waals surface area contributed by atoms with Crippen molar-refractivity contribution in [2.45, 2.75) is 34.0 Å². The van der Waals surface area contributed by atoms with E-state index in [-0.39, 0.29) is 5.56 Å². The topological polar surface area (TPSA) is 58.9 Å². The molecule has 6 nitrogen and oxygen atoms in total. The van der Waals surface area contributed by atoms with Crippen LogP contribution in [0.1, 0.15) is 23.9 Å². The number of aromatic nitrogens is 4. The molecule has 2 aromatic heterocycles. The van der Waals surface area contributed by atoms with Gasteiger partial charge in [0.2, 0.25) is 0 Å². The number of nitrogens with one attached hydrogen (secondary N) is 1. The number of hydrogen-bond acceptors (Lipinski definition) is 4. The lowest BCUT2D eigenvalue weighted by Gasteiger charge is -2.20. The molecule has 154 valence electrons. The summed E-state index contributed by atoms with van der Waals surface area (Å²) >= 11 is 5.74. The second kappa shape index (κ2) is 8.38. The maximum Gasteiger partial charge on any atom is 0.258 e. The van der Waals surface area contributed by atoms with E-state index in [0.717, 1.165) is 17.0 Å². The molecule has 1 N–H and O–H groups in total. The molecule has 0 spiro atoms. The van der Waals surface area contributed by atoms with Gasteiger partial charge in [-0.05, 0) is 56.4 Å². The van der Waals surface area contributed by atoms with E-state index < -0.39 is 0 Å². The van der Waals surface area contributed by atoms with Gasteiger partial charge in [0.1, 0.15) is 5.82 Å². The molecule has 0 aliphatic rings. The second-order valence-corrected chi connectivity index (χ2v) is 7.89. The van der Waals surface area contributed by atoms with Crippen molar-refractivity contribution in [3.8, 4) is 5.69 Å². The monoisotopic (exact) mass is 419 g/mol. The minimum absolute atomic E-state index is 0.107. The number of imidazole rings is 1. The molecule has 4 aromatic rings. The molecule has 0 aliphatic carbocycles. The average molecular weight is 420 g/mol. The van der Waals surface area contributed by atoms with E-state index in [2.05, 4.69) is 53.8 Å². The molecule has 0 atom stereocenters. The highest BCUT2D eigenvalue weighted by Gasteiger charge is 2.11. The zero-order chi connectivity index (χ0) is 21.3. The number of nitrogens with zero attached hydrogens (tertiary/aromatic N) is 4. The highest BCUT2D eigenvalue weighted by atomic mass is 32.1. The molecule has 2 heterocycles. The van der Waals surface area contributed by atoms with Gasteiger partial charge in [-0.25, -0.2) is 4.98 Å². The molecule has 0 unspecified atom stereocenters. The van der Waals surface area contributed by atoms with Crippen LogP contribution < -0.4 is 5.56 Å². The summed E-state index contributed by atoms with van der Waals surface area (Å²) in [5.41, 5.74) is 4.12. The maximum absolute atomic E-state index is 12.4. The van der Waals surface area contributed by atoms with Crippen LogP contribution in [0.25, 0.3) is 16.6 Å². The van der Waals surface area contributed by atoms with Crippen LogP contribution >= 0.6 is 12.2 Å². The number of H-pyrrole nitrogens is 1. The third-order valence-electron chi connectivity index (χ3n) is 5.29. The molecule has 0 bridgehead atoms. The molecule has 0 saturated carbocycles. The number of para-hydroxylation sites is 1. The van der Waals surface area contributed by atoms with Gasteiger partial charge < -0.3 is 9.55 Å². The standard InChI is InChI=1S/C23H25N5OS/c1-4-26(14-21-24-19-8-6-5-7-18(19)22(29)25-21)15-27-11-12-28(23(27)30)20-10-9-16(2)13-17(20)3/h5-13H,4,14-15H2,1-3H3,(H,24,25,29). The lowest BCUT2D eigenvalue weighted by Crippen LogP contribution is -2.28. The molecule has 30 heavy (non-hydrogen) atoms. The van der Waals surface area contributed by atoms with Crippen molar-refractivity contribution in [3.05, 3.63) is 86.9 Å². The quantitative estimate of drug-likeness (QED) is 0.472. The Morgan fingerprint density at radius 3 is 2.70 bits per heavy atom. The normalized spacial score (nSPS) is 11.5. The number of benzene rings is 2. The van der Waals surface area contributed by atoms with Crippen molar-refractivity contribution in [2.75, 3.05) is 6.54 Å². The van der Waals surface area contributed by atoms with Gasteiger partial charge in [0.05, 0.1) is 29.8 Å². The number of aromatic amines is 1. The first-order chi connectivity index (χ1) is 14.5. The Kier molecular flexibility index (Phi) is 5.65. The molecule has 4 rings (SSSR count). The maximum atomic E-state index is 12.4. The Balaban J connectivity index is 1.58. The van der Waals surface area contributed by atoms with Crippen molar-refractivity contribution in [1.82, 2.24) is 24.0 Å². The molecule has 0 fully saturated rings. The fourth-order valence-electron chi connectivity index (χ4n) is 3.68. The van der Waals surface area contributed by atoms with Crippen molar-refractivity contribution < 1.29 is 0 Å². The van der Waals surface area contributed by atoms with Crippen molar-refractivity contribution >= 4 is 23.1 Å². The van der Waals surface area contributed by atoms with Gasteiger partial charge in [-0.3, -0.25) is 14.3 Å². The van der Waals surface area contributed by atoms with E-state index in [4.69, 9.17) is 12.2 Å². The summed E-state index contributed by atoms with van der Waals surface area (Å²) in [5.74, 6) is 0.654. The van der Waals surface area contributed by atoms with Gasteiger partial charge >= 0.3 is 0 Å². The molecule has 0 amide bonds. The van der Waals surface area contributed by atoms with Gasteiger partial charge in [0.25, 0.3) is 5.56 Å². The zero-order valence-corrected chi connectivity index (χ0v) is 18.2. The fraction of sp³-hybridized carbons (Fsp3) is 0.261. The SMILES string of the molecule is CCN(Cc1nc2ccccc2c(=O)[nH]1)Cn1ccn(-c2ccc(C)cc2C)c1=S. The number of aryl methyl sites for hydroxylation is 2. The lowest BCUT2D eigenvalue weighted by atomic mass is 10.1. The largest absolute Gasteiger partial charge is 0.310 e. The number of rotatable bonds is 6. The predicted molar refractivity (Wildman–Crippen MR) is 123 cm³/mol. The highest BCUT2D eigenvalue weighted by Crippen LogP contribution is 2.17. The van der Waals surface area contributed by atoms with Gasteiger partial charge in [-0.15, -0.1) is 0 Å². The molecule has 2 aromatic carbocycles. The van der Waals surface area contributed by atoms with Crippen LogP contribution in [-0.4, -0.2) is 30.5 Å². The molecule has 7 heteroatoms. The van der Waals surface area contributed by atoms with Crippen molar-refractivity contribution in [1.29, 1.82) is 0 Å². The smallest absolute Gasteiger partial charge is 0.258 e. The molecule has 0 aliphatic heterocycles. The van der Waals surface area contributed by atoms with Crippen LogP contribution in [0.5, 0.6) is 0 Å². The van der Waals surface area contributed by atoms with Gasteiger partial charge in [0.15, 0.2) is 4.77 Å². The van der Waals surface area contributed by atoms with E-state index in [1.807, 2.05) is 39.7 Å². The van der Waals surface area contributed by atoms with E-state index in [1.54, 1.807) is 6.07 Å². The third kappa shape index (κ3) is 3.99. The van der Waals surface area contributed by atoms with Crippen LogP contribution in [0.15, 0.2) is 59.7 Å². The Morgan fingerprint density at radius 2 is 1.93 bits per heavy atom. The minimum atomic E-state index is -0.107. The fourth-order valence-corrected chi connectivity index (χ4v) is 3.96. The molecule has 0 saturated heterocycles. The van der Waals surface area contributed by atoms with Gasteiger partial charge in [-0.2, -0.15) is 0 Å². The van der Waals surface area contributed by atoms with E-state index in [1.165, 1.54) is 11.1 Å². The first-order valence-electron chi connectivity index (χ1n) is 10.0. The first kappa shape index (κ1) is 20.3. The molecule has 0 radical (unpaired) electrons. The Bertz CT molecular complexity index is 1320. The van der Waals surface area contributed by atoms with Gasteiger partial charge in [0, 0.05) is 12.4 Å². The summed E-state index contributed by atoms with van der Waals surface area (Å²) in [6, 6.07) is 13.8. The summed E-state index contributed by atoms with van der Waals surface area (Å²) in [4.78, 5) is 22.1.